The molecule has 1 heterocycles. The quantitative estimate of drug-likeness (QED) is 0.893. The summed E-state index contributed by atoms with van der Waals surface area (Å²) in [7, 11) is 0. The zero-order chi connectivity index (χ0) is 14.9. The molecule has 1 aromatic rings. The molecule has 2 N–H and O–H groups in total. The molecule has 5 nitrogen and oxygen atoms in total. The molecule has 1 saturated heterocycles. The Bertz CT molecular complexity index is 539. The number of anilines is 1. The van der Waals surface area contributed by atoms with Crippen molar-refractivity contribution >= 4 is 29.1 Å². The minimum atomic E-state index is -0.457. The highest BCUT2D eigenvalue weighted by Crippen LogP contribution is 2.24. The van der Waals surface area contributed by atoms with Crippen LogP contribution in [0.15, 0.2) is 18.2 Å². The summed E-state index contributed by atoms with van der Waals surface area (Å²) >= 11 is 6.03. The maximum absolute atomic E-state index is 12.2. The van der Waals surface area contributed by atoms with Crippen LogP contribution in [-0.4, -0.2) is 41.0 Å². The second-order valence-corrected chi connectivity index (χ2v) is 5.61. The van der Waals surface area contributed by atoms with E-state index in [0.29, 0.717) is 29.4 Å². The van der Waals surface area contributed by atoms with Crippen molar-refractivity contribution in [1.29, 1.82) is 0 Å². The van der Waals surface area contributed by atoms with Gasteiger partial charge in [0, 0.05) is 24.7 Å². The molecule has 1 aliphatic heterocycles. The molecule has 0 spiro atoms. The van der Waals surface area contributed by atoms with E-state index in [4.69, 9.17) is 11.6 Å². The summed E-state index contributed by atoms with van der Waals surface area (Å²) in [6.07, 6.45) is -0.457. The maximum atomic E-state index is 12.2. The number of carbonyl (C=O) groups excluding carboxylic acids is 2. The highest BCUT2D eigenvalue weighted by Gasteiger charge is 2.30. The Morgan fingerprint density at radius 2 is 2.05 bits per heavy atom. The summed E-state index contributed by atoms with van der Waals surface area (Å²) in [5, 5.41) is 12.3. The first kappa shape index (κ1) is 14.8. The van der Waals surface area contributed by atoms with Crippen LogP contribution in [0.3, 0.4) is 0 Å². The molecule has 0 saturated carbocycles. The van der Waals surface area contributed by atoms with Crippen LogP contribution in [0.4, 0.5) is 5.69 Å². The largest absolute Gasteiger partial charge is 0.389 e. The van der Waals surface area contributed by atoms with Gasteiger partial charge < -0.3 is 15.3 Å². The Morgan fingerprint density at radius 1 is 1.40 bits per heavy atom. The number of rotatable bonds is 3. The average Bonchev–Trinajstić information content (AvgIpc) is 2.36. The van der Waals surface area contributed by atoms with E-state index in [1.54, 1.807) is 32.0 Å². The van der Waals surface area contributed by atoms with E-state index in [2.05, 4.69) is 5.32 Å². The standard InChI is InChI=1S/C14H17ClN2O3/c1-8(2)13(19)16-9-3-4-12(15)11(5-9)14(20)17-6-10(18)7-17/h3-5,8,10,18H,6-7H2,1-2H3,(H,16,19). The lowest BCUT2D eigenvalue weighted by Gasteiger charge is -2.36. The minimum Gasteiger partial charge on any atom is -0.389 e. The molecule has 2 rings (SSSR count). The lowest BCUT2D eigenvalue weighted by Crippen LogP contribution is -2.53. The van der Waals surface area contributed by atoms with Gasteiger partial charge in [0.05, 0.1) is 16.7 Å². The van der Waals surface area contributed by atoms with Gasteiger partial charge in [-0.05, 0) is 18.2 Å². The molecule has 0 unspecified atom stereocenters. The van der Waals surface area contributed by atoms with Gasteiger partial charge >= 0.3 is 0 Å². The number of likely N-dealkylation sites (tertiary alicyclic amines) is 1. The monoisotopic (exact) mass is 296 g/mol. The molecule has 2 amide bonds. The summed E-state index contributed by atoms with van der Waals surface area (Å²) in [6, 6.07) is 4.81. The Hall–Kier alpha value is -1.59. The number of aliphatic hydroxyl groups excluding tert-OH is 1. The summed E-state index contributed by atoms with van der Waals surface area (Å²) < 4.78 is 0. The zero-order valence-corrected chi connectivity index (χ0v) is 12.1. The Labute approximate surface area is 122 Å². The lowest BCUT2D eigenvalue weighted by molar-refractivity contribution is -0.118. The minimum absolute atomic E-state index is 0.120. The molecule has 1 fully saturated rings. The fourth-order valence-electron chi connectivity index (χ4n) is 1.85. The summed E-state index contributed by atoms with van der Waals surface area (Å²) in [5.74, 6) is -0.499. The van der Waals surface area contributed by atoms with Crippen molar-refractivity contribution in [2.45, 2.75) is 20.0 Å². The number of carbonyl (C=O) groups is 2. The molecule has 1 aromatic carbocycles. The molecule has 0 aromatic heterocycles. The van der Waals surface area contributed by atoms with Gasteiger partial charge in [-0.15, -0.1) is 0 Å². The van der Waals surface area contributed by atoms with Gasteiger partial charge in [0.25, 0.3) is 5.91 Å². The van der Waals surface area contributed by atoms with Gasteiger partial charge in [0.1, 0.15) is 0 Å². The molecule has 0 atom stereocenters. The second kappa shape index (κ2) is 5.81. The van der Waals surface area contributed by atoms with E-state index in [0.717, 1.165) is 0 Å². The lowest BCUT2D eigenvalue weighted by atomic mass is 10.1. The third-order valence-electron chi connectivity index (χ3n) is 3.14. The van der Waals surface area contributed by atoms with Crippen molar-refractivity contribution in [3.05, 3.63) is 28.8 Å². The Morgan fingerprint density at radius 3 is 2.60 bits per heavy atom. The van der Waals surface area contributed by atoms with Crippen LogP contribution in [0, 0.1) is 5.92 Å². The van der Waals surface area contributed by atoms with Crippen molar-refractivity contribution in [3.8, 4) is 0 Å². The molecular formula is C14H17ClN2O3. The molecular weight excluding hydrogens is 280 g/mol. The molecule has 0 bridgehead atoms. The van der Waals surface area contributed by atoms with Crippen molar-refractivity contribution in [2.24, 2.45) is 5.92 Å². The summed E-state index contributed by atoms with van der Waals surface area (Å²) in [6.45, 7) is 4.22. The highest BCUT2D eigenvalue weighted by molar-refractivity contribution is 6.34. The fourth-order valence-corrected chi connectivity index (χ4v) is 2.04. The number of nitrogens with zero attached hydrogens (tertiary/aromatic N) is 1. The number of hydrogen-bond acceptors (Lipinski definition) is 3. The molecule has 6 heteroatoms. The van der Waals surface area contributed by atoms with Crippen molar-refractivity contribution in [1.82, 2.24) is 4.90 Å². The Balaban J connectivity index is 2.16. The first-order chi connectivity index (χ1) is 9.38. The maximum Gasteiger partial charge on any atom is 0.255 e. The van der Waals surface area contributed by atoms with Crippen LogP contribution in [-0.2, 0) is 4.79 Å². The molecule has 108 valence electrons. The first-order valence-corrected chi connectivity index (χ1v) is 6.84. The van der Waals surface area contributed by atoms with E-state index in [9.17, 15) is 14.7 Å². The molecule has 0 radical (unpaired) electrons. The van der Waals surface area contributed by atoms with Crippen LogP contribution >= 0.6 is 11.6 Å². The van der Waals surface area contributed by atoms with Crippen molar-refractivity contribution in [3.63, 3.8) is 0 Å². The normalized spacial score (nSPS) is 15.2. The predicted molar refractivity (Wildman–Crippen MR) is 76.8 cm³/mol. The summed E-state index contributed by atoms with van der Waals surface area (Å²) in [4.78, 5) is 25.3. The van der Waals surface area contributed by atoms with Gasteiger partial charge in [0.15, 0.2) is 0 Å². The number of amides is 2. The molecule has 20 heavy (non-hydrogen) atoms. The first-order valence-electron chi connectivity index (χ1n) is 6.46. The van der Waals surface area contributed by atoms with Crippen LogP contribution in [0.2, 0.25) is 5.02 Å². The number of nitrogens with one attached hydrogen (secondary N) is 1. The number of benzene rings is 1. The van der Waals surface area contributed by atoms with Crippen molar-refractivity contribution in [2.75, 3.05) is 18.4 Å². The third-order valence-corrected chi connectivity index (χ3v) is 3.47. The van der Waals surface area contributed by atoms with E-state index < -0.39 is 6.10 Å². The van der Waals surface area contributed by atoms with Gasteiger partial charge in [-0.2, -0.15) is 0 Å². The van der Waals surface area contributed by atoms with E-state index >= 15 is 0 Å². The van der Waals surface area contributed by atoms with Gasteiger partial charge in [-0.1, -0.05) is 25.4 Å². The zero-order valence-electron chi connectivity index (χ0n) is 11.4. The molecule has 0 aliphatic carbocycles. The highest BCUT2D eigenvalue weighted by atomic mass is 35.5. The Kier molecular flexibility index (Phi) is 4.30. The fraction of sp³-hybridized carbons (Fsp3) is 0.429. The van der Waals surface area contributed by atoms with Gasteiger partial charge in [0.2, 0.25) is 5.91 Å². The smallest absolute Gasteiger partial charge is 0.255 e. The summed E-state index contributed by atoms with van der Waals surface area (Å²) in [5.41, 5.74) is 0.873. The van der Waals surface area contributed by atoms with Crippen LogP contribution in [0.5, 0.6) is 0 Å². The number of aliphatic hydroxyl groups is 1. The number of hydrogen-bond donors (Lipinski definition) is 2. The molecule has 1 aliphatic rings. The second-order valence-electron chi connectivity index (χ2n) is 5.20. The number of β-amino-alcohol motifs (C(OH)–C–C–N with tert-alkyl or cyclic N) is 1. The predicted octanol–water partition coefficient (Wildman–Crippen LogP) is 1.75. The topological polar surface area (TPSA) is 69.6 Å². The van der Waals surface area contributed by atoms with Crippen LogP contribution < -0.4 is 5.32 Å². The van der Waals surface area contributed by atoms with E-state index in [1.807, 2.05) is 0 Å². The SMILES string of the molecule is CC(C)C(=O)Nc1ccc(Cl)c(C(=O)N2CC(O)C2)c1. The van der Waals surface area contributed by atoms with Crippen molar-refractivity contribution < 1.29 is 14.7 Å². The van der Waals surface area contributed by atoms with Crippen LogP contribution in [0.25, 0.3) is 0 Å². The van der Waals surface area contributed by atoms with E-state index in [1.165, 1.54) is 4.90 Å². The van der Waals surface area contributed by atoms with Gasteiger partial charge in [-0.3, -0.25) is 9.59 Å². The van der Waals surface area contributed by atoms with E-state index in [-0.39, 0.29) is 17.7 Å². The van der Waals surface area contributed by atoms with Crippen LogP contribution in [0.1, 0.15) is 24.2 Å². The number of halogens is 1. The average molecular weight is 297 g/mol. The third kappa shape index (κ3) is 3.11. The van der Waals surface area contributed by atoms with Gasteiger partial charge in [-0.25, -0.2) is 0 Å².